The molecule has 1 N–H and O–H groups in total. The average Bonchev–Trinajstić information content (AvgIpc) is 2.72. The molecule has 0 unspecified atom stereocenters. The first kappa shape index (κ1) is 20.4. The number of esters is 1. The van der Waals surface area contributed by atoms with Crippen molar-refractivity contribution in [3.05, 3.63) is 35.5 Å². The van der Waals surface area contributed by atoms with Crippen LogP contribution in [0.2, 0.25) is 5.02 Å². The second-order valence-corrected chi connectivity index (χ2v) is 7.59. The Morgan fingerprint density at radius 3 is 2.82 bits per heavy atom. The largest absolute Gasteiger partial charge is 0.456 e. The van der Waals surface area contributed by atoms with E-state index in [2.05, 4.69) is 15.2 Å². The number of nitrogens with zero attached hydrogens (tertiary/aromatic N) is 2. The van der Waals surface area contributed by atoms with Crippen molar-refractivity contribution in [3.63, 3.8) is 0 Å². The van der Waals surface area contributed by atoms with E-state index in [4.69, 9.17) is 16.3 Å². The number of hydrogen-bond acceptors (Lipinski definition) is 5. The molecule has 1 fully saturated rings. The quantitative estimate of drug-likeness (QED) is 0.715. The van der Waals surface area contributed by atoms with E-state index in [0.717, 1.165) is 60.4 Å². The number of carbonyl (C=O) groups is 2. The summed E-state index contributed by atoms with van der Waals surface area (Å²) < 4.78 is 4.93. The molecule has 150 valence electrons. The van der Waals surface area contributed by atoms with Gasteiger partial charge in [0.25, 0.3) is 5.91 Å². The van der Waals surface area contributed by atoms with Crippen molar-refractivity contribution in [1.29, 1.82) is 0 Å². The molecule has 0 bridgehead atoms. The Balaban J connectivity index is 1.45. The lowest BCUT2D eigenvalue weighted by molar-refractivity contribution is -0.148. The molecule has 2 aromatic rings. The molecule has 0 atom stereocenters. The number of nitrogens with one attached hydrogen (secondary N) is 1. The molecule has 1 aliphatic heterocycles. The summed E-state index contributed by atoms with van der Waals surface area (Å²) in [4.78, 5) is 29.7. The topological polar surface area (TPSA) is 71.5 Å². The van der Waals surface area contributed by atoms with Crippen LogP contribution in [-0.4, -0.2) is 43.6 Å². The Labute approximate surface area is 170 Å². The van der Waals surface area contributed by atoms with Crippen LogP contribution in [0.1, 0.15) is 32.1 Å². The smallest absolute Gasteiger partial charge is 0.306 e. The van der Waals surface area contributed by atoms with Gasteiger partial charge in [-0.25, -0.2) is 4.98 Å². The highest BCUT2D eigenvalue weighted by Gasteiger charge is 2.21. The Bertz CT molecular complexity index is 835. The van der Waals surface area contributed by atoms with Gasteiger partial charge in [-0.1, -0.05) is 11.6 Å². The predicted molar refractivity (Wildman–Crippen MR) is 111 cm³/mol. The predicted octanol–water partition coefficient (Wildman–Crippen LogP) is 3.56. The molecule has 1 aromatic carbocycles. The van der Waals surface area contributed by atoms with Crippen LogP contribution in [0.15, 0.2) is 30.5 Å². The van der Waals surface area contributed by atoms with E-state index in [1.54, 1.807) is 0 Å². The molecule has 1 aromatic heterocycles. The molecule has 28 heavy (non-hydrogen) atoms. The molecular weight excluding hydrogens is 378 g/mol. The van der Waals surface area contributed by atoms with Crippen molar-refractivity contribution < 1.29 is 14.3 Å². The molecule has 1 aliphatic rings. The minimum Gasteiger partial charge on any atom is -0.456 e. The molecule has 0 aliphatic carbocycles. The van der Waals surface area contributed by atoms with Crippen molar-refractivity contribution in [1.82, 2.24) is 10.3 Å². The SMILES string of the molecule is CNC(=O)COC(=O)CCCC1CCN(c2nccc3cc(Cl)ccc23)CC1. The summed E-state index contributed by atoms with van der Waals surface area (Å²) in [6.07, 6.45) is 6.16. The first-order valence-electron chi connectivity index (χ1n) is 9.72. The van der Waals surface area contributed by atoms with Gasteiger partial charge in [0.15, 0.2) is 6.61 Å². The third kappa shape index (κ3) is 5.35. The van der Waals surface area contributed by atoms with Crippen molar-refractivity contribution in [2.45, 2.75) is 32.1 Å². The van der Waals surface area contributed by atoms with Gasteiger partial charge >= 0.3 is 5.97 Å². The highest BCUT2D eigenvalue weighted by molar-refractivity contribution is 6.31. The van der Waals surface area contributed by atoms with Crippen molar-refractivity contribution in [2.75, 3.05) is 31.6 Å². The fraction of sp³-hybridized carbons (Fsp3) is 0.476. The molecule has 1 saturated heterocycles. The van der Waals surface area contributed by atoms with E-state index >= 15 is 0 Å². The number of carbonyl (C=O) groups excluding carboxylic acids is 2. The minimum absolute atomic E-state index is 0.197. The second kappa shape index (κ2) is 9.73. The monoisotopic (exact) mass is 403 g/mol. The van der Waals surface area contributed by atoms with Crippen LogP contribution in [0.4, 0.5) is 5.82 Å². The third-order valence-electron chi connectivity index (χ3n) is 5.26. The molecule has 0 spiro atoms. The number of benzene rings is 1. The fourth-order valence-corrected chi connectivity index (χ4v) is 3.82. The molecular formula is C21H26ClN3O3. The highest BCUT2D eigenvalue weighted by Crippen LogP contribution is 2.31. The maximum absolute atomic E-state index is 11.7. The number of aromatic nitrogens is 1. The van der Waals surface area contributed by atoms with E-state index in [1.807, 2.05) is 30.5 Å². The van der Waals surface area contributed by atoms with Crippen LogP contribution < -0.4 is 10.2 Å². The Morgan fingerprint density at radius 2 is 2.07 bits per heavy atom. The van der Waals surface area contributed by atoms with Crippen LogP contribution in [0.25, 0.3) is 10.8 Å². The van der Waals surface area contributed by atoms with Gasteiger partial charge in [-0.3, -0.25) is 9.59 Å². The lowest BCUT2D eigenvalue weighted by Crippen LogP contribution is -2.34. The van der Waals surface area contributed by atoms with E-state index in [1.165, 1.54) is 7.05 Å². The van der Waals surface area contributed by atoms with Crippen LogP contribution in [0.5, 0.6) is 0 Å². The number of ether oxygens (including phenoxy) is 1. The van der Waals surface area contributed by atoms with Crippen molar-refractivity contribution in [3.8, 4) is 0 Å². The number of anilines is 1. The molecule has 3 rings (SSSR count). The van der Waals surface area contributed by atoms with Crippen molar-refractivity contribution >= 4 is 40.1 Å². The van der Waals surface area contributed by atoms with Crippen LogP contribution in [0.3, 0.4) is 0 Å². The van der Waals surface area contributed by atoms with Gasteiger partial charge in [0.05, 0.1) is 0 Å². The molecule has 0 saturated carbocycles. The zero-order valence-corrected chi connectivity index (χ0v) is 16.9. The summed E-state index contributed by atoms with van der Waals surface area (Å²) in [5.74, 6) is 1.03. The number of rotatable bonds is 7. The fourth-order valence-electron chi connectivity index (χ4n) is 3.64. The number of amides is 1. The van der Waals surface area contributed by atoms with E-state index in [-0.39, 0.29) is 18.5 Å². The zero-order valence-electron chi connectivity index (χ0n) is 16.1. The summed E-state index contributed by atoms with van der Waals surface area (Å²) >= 11 is 6.10. The van der Waals surface area contributed by atoms with Gasteiger partial charge in [-0.15, -0.1) is 0 Å². The van der Waals surface area contributed by atoms with Crippen LogP contribution in [0, 0.1) is 5.92 Å². The maximum atomic E-state index is 11.7. The van der Waals surface area contributed by atoms with Crippen LogP contribution >= 0.6 is 11.6 Å². The van der Waals surface area contributed by atoms with E-state index < -0.39 is 0 Å². The number of piperidine rings is 1. The summed E-state index contributed by atoms with van der Waals surface area (Å²) in [6.45, 7) is 1.72. The van der Waals surface area contributed by atoms with Crippen molar-refractivity contribution in [2.24, 2.45) is 5.92 Å². The van der Waals surface area contributed by atoms with Gasteiger partial charge < -0.3 is 15.0 Å². The first-order valence-corrected chi connectivity index (χ1v) is 10.1. The van der Waals surface area contributed by atoms with Gasteiger partial charge in [-0.2, -0.15) is 0 Å². The number of pyridine rings is 1. The molecule has 7 heteroatoms. The van der Waals surface area contributed by atoms with Gasteiger partial charge in [-0.05, 0) is 61.3 Å². The lowest BCUT2D eigenvalue weighted by atomic mass is 9.91. The summed E-state index contributed by atoms with van der Waals surface area (Å²) in [7, 11) is 1.52. The van der Waals surface area contributed by atoms with Gasteiger partial charge in [0.2, 0.25) is 0 Å². The molecule has 6 nitrogen and oxygen atoms in total. The summed E-state index contributed by atoms with van der Waals surface area (Å²) in [5, 5.41) is 5.40. The molecule has 2 heterocycles. The Hall–Kier alpha value is -2.34. The summed E-state index contributed by atoms with van der Waals surface area (Å²) in [5.41, 5.74) is 0. The van der Waals surface area contributed by atoms with Gasteiger partial charge in [0, 0.05) is 43.2 Å². The Kier molecular flexibility index (Phi) is 7.09. The average molecular weight is 404 g/mol. The normalized spacial score (nSPS) is 14.9. The Morgan fingerprint density at radius 1 is 1.29 bits per heavy atom. The maximum Gasteiger partial charge on any atom is 0.306 e. The van der Waals surface area contributed by atoms with Gasteiger partial charge in [0.1, 0.15) is 5.82 Å². The lowest BCUT2D eigenvalue weighted by Gasteiger charge is -2.33. The standard InChI is InChI=1S/C21H26ClN3O3/c1-23-19(26)14-28-20(27)4-2-3-15-8-11-25(12-9-15)21-18-6-5-17(22)13-16(18)7-10-24-21/h5-7,10,13,15H,2-4,8-9,11-12,14H2,1H3,(H,23,26). The first-order chi connectivity index (χ1) is 13.6. The summed E-state index contributed by atoms with van der Waals surface area (Å²) in [6, 6.07) is 7.90. The minimum atomic E-state index is -0.306. The number of likely N-dealkylation sites (N-methyl/N-ethyl adjacent to an activating group) is 1. The third-order valence-corrected chi connectivity index (χ3v) is 5.49. The molecule has 0 radical (unpaired) electrons. The number of halogens is 1. The highest BCUT2D eigenvalue weighted by atomic mass is 35.5. The number of hydrogen-bond donors (Lipinski definition) is 1. The van der Waals surface area contributed by atoms with E-state index in [0.29, 0.717) is 12.3 Å². The number of fused-ring (bicyclic) bond motifs is 1. The van der Waals surface area contributed by atoms with E-state index in [9.17, 15) is 9.59 Å². The molecule has 1 amide bonds. The second-order valence-electron chi connectivity index (χ2n) is 7.16. The zero-order chi connectivity index (χ0) is 19.9. The van der Waals surface area contributed by atoms with Crippen LogP contribution in [-0.2, 0) is 14.3 Å².